The van der Waals surface area contributed by atoms with Crippen LogP contribution >= 0.6 is 0 Å². The molecule has 0 aliphatic rings. The van der Waals surface area contributed by atoms with Gasteiger partial charge < -0.3 is 14.9 Å². The first-order valence-corrected chi connectivity index (χ1v) is 3.85. The van der Waals surface area contributed by atoms with Crippen molar-refractivity contribution in [2.45, 2.75) is 26.4 Å². The molecule has 0 rings (SSSR count). The van der Waals surface area contributed by atoms with Crippen molar-refractivity contribution in [3.63, 3.8) is 0 Å². The molecule has 0 bridgehead atoms. The van der Waals surface area contributed by atoms with E-state index < -0.39 is 0 Å². The van der Waals surface area contributed by atoms with Crippen LogP contribution in [0.3, 0.4) is 0 Å². The molecular weight excluding hydrogens is 144 g/mol. The summed E-state index contributed by atoms with van der Waals surface area (Å²) in [6.45, 7) is 6.20. The van der Waals surface area contributed by atoms with E-state index in [1.54, 1.807) is 0 Å². The van der Waals surface area contributed by atoms with Gasteiger partial charge in [-0.2, -0.15) is 0 Å². The van der Waals surface area contributed by atoms with E-state index in [0.29, 0.717) is 6.61 Å². The van der Waals surface area contributed by atoms with Crippen molar-refractivity contribution in [1.82, 2.24) is 0 Å². The van der Waals surface area contributed by atoms with Gasteiger partial charge in [-0.1, -0.05) is 0 Å². The Kier molecular flexibility index (Phi) is 4.65. The molecule has 0 aromatic rings. The molecule has 0 amide bonds. The lowest BCUT2D eigenvalue weighted by Crippen LogP contribution is -2.26. The largest absolute Gasteiger partial charge is 0.396 e. The van der Waals surface area contributed by atoms with Gasteiger partial charge in [-0.05, 0) is 20.8 Å². The van der Waals surface area contributed by atoms with E-state index in [1.165, 1.54) is 0 Å². The van der Waals surface area contributed by atoms with Crippen LogP contribution in [0.5, 0.6) is 0 Å². The summed E-state index contributed by atoms with van der Waals surface area (Å²) < 4.78 is 5.35. The molecule has 0 aliphatic carbocycles. The van der Waals surface area contributed by atoms with E-state index in [-0.39, 0.29) is 24.7 Å². The Labute approximate surface area is 68.0 Å². The summed E-state index contributed by atoms with van der Waals surface area (Å²) in [5, 5.41) is 17.4. The first-order chi connectivity index (χ1) is 4.99. The maximum Gasteiger partial charge on any atom is 0.0598 e. The standard InChI is InChI=1S/C8H18O3/c1-8(2,3)11-6-7(4-9)5-10/h7,9-10H,4-6H2,1-3H3. The Morgan fingerprint density at radius 1 is 1.18 bits per heavy atom. The van der Waals surface area contributed by atoms with Crippen LogP contribution in [-0.2, 0) is 4.74 Å². The van der Waals surface area contributed by atoms with E-state index in [0.717, 1.165) is 0 Å². The highest BCUT2D eigenvalue weighted by atomic mass is 16.5. The SMILES string of the molecule is CC(C)(C)OCC(CO)CO. The van der Waals surface area contributed by atoms with Crippen molar-refractivity contribution in [2.24, 2.45) is 5.92 Å². The van der Waals surface area contributed by atoms with Crippen molar-refractivity contribution in [2.75, 3.05) is 19.8 Å². The predicted octanol–water partition coefficient (Wildman–Crippen LogP) is 0.402. The van der Waals surface area contributed by atoms with E-state index >= 15 is 0 Å². The van der Waals surface area contributed by atoms with E-state index in [1.807, 2.05) is 20.8 Å². The predicted molar refractivity (Wildman–Crippen MR) is 43.4 cm³/mol. The van der Waals surface area contributed by atoms with Gasteiger partial charge >= 0.3 is 0 Å². The average molecular weight is 162 g/mol. The summed E-state index contributed by atoms with van der Waals surface area (Å²) in [7, 11) is 0. The zero-order valence-corrected chi connectivity index (χ0v) is 7.50. The molecule has 0 fully saturated rings. The Hall–Kier alpha value is -0.120. The maximum absolute atomic E-state index is 8.68. The molecule has 0 aliphatic heterocycles. The van der Waals surface area contributed by atoms with Crippen molar-refractivity contribution in [3.05, 3.63) is 0 Å². The molecule has 68 valence electrons. The molecular formula is C8H18O3. The molecule has 0 spiro atoms. The van der Waals surface area contributed by atoms with Gasteiger partial charge in [0.1, 0.15) is 0 Å². The summed E-state index contributed by atoms with van der Waals surface area (Å²) in [6, 6.07) is 0. The molecule has 3 nitrogen and oxygen atoms in total. The van der Waals surface area contributed by atoms with E-state index in [2.05, 4.69) is 0 Å². The zero-order chi connectivity index (χ0) is 8.91. The molecule has 0 saturated heterocycles. The minimum Gasteiger partial charge on any atom is -0.396 e. The number of hydrogen-bond donors (Lipinski definition) is 2. The van der Waals surface area contributed by atoms with Crippen LogP contribution in [0, 0.1) is 5.92 Å². The second-order valence-electron chi connectivity index (χ2n) is 3.65. The number of ether oxygens (including phenoxy) is 1. The smallest absolute Gasteiger partial charge is 0.0598 e. The fourth-order valence-corrected chi connectivity index (χ4v) is 0.531. The molecule has 0 saturated carbocycles. The van der Waals surface area contributed by atoms with Gasteiger partial charge in [-0.15, -0.1) is 0 Å². The van der Waals surface area contributed by atoms with Crippen LogP contribution in [0.4, 0.5) is 0 Å². The Morgan fingerprint density at radius 3 is 1.91 bits per heavy atom. The van der Waals surface area contributed by atoms with Crippen LogP contribution < -0.4 is 0 Å². The first kappa shape index (κ1) is 10.9. The van der Waals surface area contributed by atoms with Crippen LogP contribution in [0.1, 0.15) is 20.8 Å². The van der Waals surface area contributed by atoms with E-state index in [9.17, 15) is 0 Å². The topological polar surface area (TPSA) is 49.7 Å². The summed E-state index contributed by atoms with van der Waals surface area (Å²) in [5.74, 6) is -0.144. The Morgan fingerprint density at radius 2 is 1.64 bits per heavy atom. The van der Waals surface area contributed by atoms with Crippen molar-refractivity contribution < 1.29 is 14.9 Å². The van der Waals surface area contributed by atoms with Crippen molar-refractivity contribution >= 4 is 0 Å². The third-order valence-electron chi connectivity index (χ3n) is 1.27. The molecule has 2 N–H and O–H groups in total. The van der Waals surface area contributed by atoms with Crippen molar-refractivity contribution in [1.29, 1.82) is 0 Å². The van der Waals surface area contributed by atoms with Crippen LogP contribution in [-0.4, -0.2) is 35.6 Å². The second-order valence-corrected chi connectivity index (χ2v) is 3.65. The lowest BCUT2D eigenvalue weighted by Gasteiger charge is -2.22. The highest BCUT2D eigenvalue weighted by Gasteiger charge is 2.13. The summed E-state index contributed by atoms with van der Waals surface area (Å²) >= 11 is 0. The molecule has 0 heterocycles. The van der Waals surface area contributed by atoms with Crippen LogP contribution in [0.2, 0.25) is 0 Å². The molecule has 0 aromatic heterocycles. The minimum absolute atomic E-state index is 0.0212. The monoisotopic (exact) mass is 162 g/mol. The quantitative estimate of drug-likeness (QED) is 0.629. The third kappa shape index (κ3) is 6.28. The minimum atomic E-state index is -0.192. The van der Waals surface area contributed by atoms with Gasteiger partial charge in [0.15, 0.2) is 0 Å². The summed E-state index contributed by atoms with van der Waals surface area (Å²) in [6.07, 6.45) is 0. The molecule has 0 unspecified atom stereocenters. The summed E-state index contributed by atoms with van der Waals surface area (Å²) in [4.78, 5) is 0. The number of rotatable bonds is 4. The maximum atomic E-state index is 8.68. The number of aliphatic hydroxyl groups is 2. The van der Waals surface area contributed by atoms with Gasteiger partial charge in [0.05, 0.1) is 25.4 Å². The molecule has 3 heteroatoms. The van der Waals surface area contributed by atoms with E-state index in [4.69, 9.17) is 14.9 Å². The highest BCUT2D eigenvalue weighted by molar-refractivity contribution is 4.61. The molecule has 11 heavy (non-hydrogen) atoms. The van der Waals surface area contributed by atoms with Crippen molar-refractivity contribution in [3.8, 4) is 0 Å². The summed E-state index contributed by atoms with van der Waals surface area (Å²) in [5.41, 5.74) is -0.192. The normalized spacial score (nSPS) is 12.5. The average Bonchev–Trinajstić information content (AvgIpc) is 1.88. The number of aliphatic hydroxyl groups excluding tert-OH is 2. The van der Waals surface area contributed by atoms with Gasteiger partial charge in [0.25, 0.3) is 0 Å². The fourth-order valence-electron chi connectivity index (χ4n) is 0.531. The van der Waals surface area contributed by atoms with Gasteiger partial charge in [-0.3, -0.25) is 0 Å². The molecule has 0 atom stereocenters. The van der Waals surface area contributed by atoms with Gasteiger partial charge in [0, 0.05) is 5.92 Å². The third-order valence-corrected chi connectivity index (χ3v) is 1.27. The van der Waals surface area contributed by atoms with Crippen LogP contribution in [0.15, 0.2) is 0 Å². The Balaban J connectivity index is 3.51. The lowest BCUT2D eigenvalue weighted by molar-refractivity contribution is -0.0409. The second kappa shape index (κ2) is 4.70. The zero-order valence-electron chi connectivity index (χ0n) is 7.50. The molecule has 0 radical (unpaired) electrons. The van der Waals surface area contributed by atoms with Gasteiger partial charge in [-0.25, -0.2) is 0 Å². The first-order valence-electron chi connectivity index (χ1n) is 3.85. The highest BCUT2D eigenvalue weighted by Crippen LogP contribution is 2.08. The van der Waals surface area contributed by atoms with Gasteiger partial charge in [0.2, 0.25) is 0 Å². The van der Waals surface area contributed by atoms with Crippen LogP contribution in [0.25, 0.3) is 0 Å². The Bertz CT molecular complexity index is 92.0. The fraction of sp³-hybridized carbons (Fsp3) is 1.00. The number of hydrogen-bond acceptors (Lipinski definition) is 3. The lowest BCUT2D eigenvalue weighted by atomic mass is 10.1. The molecule has 0 aromatic carbocycles.